The number of methoxy groups -OCH3 is 1. The maximum absolute atomic E-state index is 12.2. The van der Waals surface area contributed by atoms with Crippen molar-refractivity contribution >= 4 is 15.9 Å². The highest BCUT2D eigenvalue weighted by atomic mass is 32.2. The predicted octanol–water partition coefficient (Wildman–Crippen LogP) is -0.209. The Morgan fingerprint density at radius 3 is 2.91 bits per heavy atom. The number of benzene rings is 1. The van der Waals surface area contributed by atoms with Crippen molar-refractivity contribution in [1.82, 2.24) is 9.62 Å². The van der Waals surface area contributed by atoms with Crippen molar-refractivity contribution in [3.63, 3.8) is 0 Å². The van der Waals surface area contributed by atoms with E-state index < -0.39 is 22.0 Å². The van der Waals surface area contributed by atoms with Gasteiger partial charge in [0.2, 0.25) is 10.0 Å². The molecule has 1 amide bonds. The molecule has 128 valence electrons. The van der Waals surface area contributed by atoms with Gasteiger partial charge in [-0.25, -0.2) is 8.42 Å². The van der Waals surface area contributed by atoms with Crippen LogP contribution in [0.5, 0.6) is 11.5 Å². The summed E-state index contributed by atoms with van der Waals surface area (Å²) in [5.41, 5.74) is 0.0331. The Balaban J connectivity index is 2.00. The monoisotopic (exact) mass is 344 g/mol. The Morgan fingerprint density at radius 1 is 1.52 bits per heavy atom. The Labute approximate surface area is 135 Å². The van der Waals surface area contributed by atoms with Gasteiger partial charge in [0.05, 0.1) is 26.1 Å². The van der Waals surface area contributed by atoms with Crippen LogP contribution >= 0.6 is 0 Å². The van der Waals surface area contributed by atoms with Crippen LogP contribution in [-0.2, 0) is 14.8 Å². The van der Waals surface area contributed by atoms with Crippen molar-refractivity contribution in [3.8, 4) is 11.5 Å². The number of phenolic OH excluding ortho intramolecular Hbond substituents is 1. The number of morpholine rings is 1. The van der Waals surface area contributed by atoms with E-state index in [-0.39, 0.29) is 36.8 Å². The molecule has 1 fully saturated rings. The van der Waals surface area contributed by atoms with Gasteiger partial charge in [0.25, 0.3) is 5.91 Å². The van der Waals surface area contributed by atoms with E-state index in [1.165, 1.54) is 17.5 Å². The second-order valence-electron chi connectivity index (χ2n) is 5.18. The fourth-order valence-corrected chi connectivity index (χ4v) is 3.17. The zero-order valence-electron chi connectivity index (χ0n) is 13.0. The number of hydrogen-bond acceptors (Lipinski definition) is 6. The van der Waals surface area contributed by atoms with Crippen LogP contribution in [0.4, 0.5) is 0 Å². The Bertz CT molecular complexity index is 676. The molecule has 1 aliphatic rings. The van der Waals surface area contributed by atoms with Gasteiger partial charge in [0.1, 0.15) is 17.1 Å². The molecule has 2 N–H and O–H groups in total. The zero-order valence-corrected chi connectivity index (χ0v) is 13.8. The van der Waals surface area contributed by atoms with Crippen LogP contribution < -0.4 is 10.1 Å². The molecule has 0 spiro atoms. The van der Waals surface area contributed by atoms with Crippen LogP contribution in [-0.4, -0.2) is 69.4 Å². The van der Waals surface area contributed by atoms with Gasteiger partial charge in [0, 0.05) is 19.6 Å². The molecule has 0 aromatic heterocycles. The molecule has 0 saturated carbocycles. The third kappa shape index (κ3) is 4.34. The van der Waals surface area contributed by atoms with Gasteiger partial charge in [0.15, 0.2) is 0 Å². The number of sulfonamides is 1. The number of nitrogens with one attached hydrogen (secondary N) is 1. The van der Waals surface area contributed by atoms with Crippen LogP contribution in [0.3, 0.4) is 0 Å². The number of amides is 1. The number of ether oxygens (including phenoxy) is 2. The first-order valence-corrected chi connectivity index (χ1v) is 8.88. The van der Waals surface area contributed by atoms with Crippen LogP contribution in [0.15, 0.2) is 18.2 Å². The molecule has 1 aromatic carbocycles. The molecule has 1 unspecified atom stereocenters. The fourth-order valence-electron chi connectivity index (χ4n) is 2.33. The van der Waals surface area contributed by atoms with E-state index in [0.29, 0.717) is 6.54 Å². The van der Waals surface area contributed by atoms with Crippen LogP contribution in [0.1, 0.15) is 10.4 Å². The predicted molar refractivity (Wildman–Crippen MR) is 83.1 cm³/mol. The minimum Gasteiger partial charge on any atom is -0.507 e. The third-order valence-corrected chi connectivity index (χ3v) is 4.78. The second-order valence-corrected chi connectivity index (χ2v) is 7.16. The van der Waals surface area contributed by atoms with Gasteiger partial charge in [-0.3, -0.25) is 4.79 Å². The summed E-state index contributed by atoms with van der Waals surface area (Å²) in [6, 6.07) is 4.52. The molecule has 1 heterocycles. The maximum Gasteiger partial charge on any atom is 0.258 e. The summed E-state index contributed by atoms with van der Waals surface area (Å²) in [6.45, 7) is 0.878. The highest BCUT2D eigenvalue weighted by Gasteiger charge is 2.27. The normalized spacial score (nSPS) is 19.3. The molecule has 1 aliphatic heterocycles. The van der Waals surface area contributed by atoms with Crippen molar-refractivity contribution in [3.05, 3.63) is 23.8 Å². The van der Waals surface area contributed by atoms with E-state index in [0.717, 1.165) is 6.26 Å². The SMILES string of the molecule is COc1cccc(O)c1C(=O)NCC1CN(S(C)(=O)=O)CCO1. The average molecular weight is 344 g/mol. The summed E-state index contributed by atoms with van der Waals surface area (Å²) in [6.07, 6.45) is 0.695. The van der Waals surface area contributed by atoms with Crippen LogP contribution in [0.2, 0.25) is 0 Å². The Morgan fingerprint density at radius 2 is 2.26 bits per heavy atom. The quantitative estimate of drug-likeness (QED) is 0.766. The van der Waals surface area contributed by atoms with Crippen molar-refractivity contribution in [2.24, 2.45) is 0 Å². The number of nitrogens with zero attached hydrogens (tertiary/aromatic N) is 1. The molecule has 8 nitrogen and oxygen atoms in total. The number of carbonyl (C=O) groups is 1. The molecule has 0 aliphatic carbocycles. The lowest BCUT2D eigenvalue weighted by Gasteiger charge is -2.31. The van der Waals surface area contributed by atoms with Gasteiger partial charge in [-0.1, -0.05) is 6.07 Å². The Kier molecular flexibility index (Phi) is 5.45. The summed E-state index contributed by atoms with van der Waals surface area (Å²) in [5.74, 6) is -0.450. The molecule has 0 bridgehead atoms. The molecular weight excluding hydrogens is 324 g/mol. The van der Waals surface area contributed by atoms with Crippen molar-refractivity contribution in [2.45, 2.75) is 6.10 Å². The lowest BCUT2D eigenvalue weighted by Crippen LogP contribution is -2.49. The Hall–Kier alpha value is -1.84. The molecule has 9 heteroatoms. The summed E-state index contributed by atoms with van der Waals surface area (Å²) < 4.78 is 34.9. The molecule has 0 radical (unpaired) electrons. The van der Waals surface area contributed by atoms with Gasteiger partial charge >= 0.3 is 0 Å². The number of aromatic hydroxyl groups is 1. The lowest BCUT2D eigenvalue weighted by molar-refractivity contribution is 0.000411. The van der Waals surface area contributed by atoms with Gasteiger partial charge in [-0.15, -0.1) is 0 Å². The fraction of sp³-hybridized carbons (Fsp3) is 0.500. The average Bonchev–Trinajstić information content (AvgIpc) is 2.51. The van der Waals surface area contributed by atoms with E-state index in [4.69, 9.17) is 9.47 Å². The first kappa shape index (κ1) is 17.5. The zero-order chi connectivity index (χ0) is 17.0. The smallest absolute Gasteiger partial charge is 0.258 e. The maximum atomic E-state index is 12.2. The first-order chi connectivity index (χ1) is 10.8. The topological polar surface area (TPSA) is 105 Å². The van der Waals surface area contributed by atoms with Crippen LogP contribution in [0.25, 0.3) is 0 Å². The number of phenols is 1. The van der Waals surface area contributed by atoms with E-state index in [2.05, 4.69) is 5.32 Å². The third-order valence-electron chi connectivity index (χ3n) is 3.51. The highest BCUT2D eigenvalue weighted by Crippen LogP contribution is 2.26. The highest BCUT2D eigenvalue weighted by molar-refractivity contribution is 7.88. The van der Waals surface area contributed by atoms with Crippen molar-refractivity contribution < 1.29 is 27.8 Å². The molecule has 2 rings (SSSR count). The number of hydrogen-bond donors (Lipinski definition) is 2. The van der Waals surface area contributed by atoms with Crippen LogP contribution in [0, 0.1) is 0 Å². The van der Waals surface area contributed by atoms with E-state index in [1.54, 1.807) is 12.1 Å². The standard InChI is InChI=1S/C14H20N2O6S/c1-21-12-5-3-4-11(17)13(12)14(18)15-8-10-9-16(6-7-22-10)23(2,19)20/h3-5,10,17H,6-9H2,1-2H3,(H,15,18). The minimum atomic E-state index is -3.29. The van der Waals surface area contributed by atoms with Gasteiger partial charge < -0.3 is 19.9 Å². The first-order valence-electron chi connectivity index (χ1n) is 7.04. The number of carbonyl (C=O) groups excluding carboxylic acids is 1. The minimum absolute atomic E-state index is 0.0331. The molecule has 1 saturated heterocycles. The number of rotatable bonds is 5. The molecular formula is C14H20N2O6S. The molecule has 1 aromatic rings. The lowest BCUT2D eigenvalue weighted by atomic mass is 10.1. The molecule has 23 heavy (non-hydrogen) atoms. The summed E-state index contributed by atoms with van der Waals surface area (Å²) in [5, 5.41) is 12.4. The van der Waals surface area contributed by atoms with Gasteiger partial charge in [-0.2, -0.15) is 4.31 Å². The summed E-state index contributed by atoms with van der Waals surface area (Å²) >= 11 is 0. The van der Waals surface area contributed by atoms with E-state index in [9.17, 15) is 18.3 Å². The van der Waals surface area contributed by atoms with E-state index >= 15 is 0 Å². The van der Waals surface area contributed by atoms with Gasteiger partial charge in [-0.05, 0) is 12.1 Å². The van der Waals surface area contributed by atoms with Crippen molar-refractivity contribution in [2.75, 3.05) is 39.6 Å². The summed E-state index contributed by atoms with van der Waals surface area (Å²) in [4.78, 5) is 12.2. The summed E-state index contributed by atoms with van der Waals surface area (Å²) in [7, 11) is -1.88. The second kappa shape index (κ2) is 7.16. The van der Waals surface area contributed by atoms with Crippen molar-refractivity contribution in [1.29, 1.82) is 0 Å². The van der Waals surface area contributed by atoms with E-state index in [1.807, 2.05) is 0 Å². The molecule has 1 atom stereocenters. The largest absolute Gasteiger partial charge is 0.507 e.